The van der Waals surface area contributed by atoms with E-state index in [4.69, 9.17) is 12.2 Å². The quantitative estimate of drug-likeness (QED) is 0.820. The fourth-order valence-corrected chi connectivity index (χ4v) is 2.35. The van der Waals surface area contributed by atoms with E-state index in [1.807, 2.05) is 0 Å². The predicted molar refractivity (Wildman–Crippen MR) is 73.0 cm³/mol. The lowest BCUT2D eigenvalue weighted by molar-refractivity contribution is 0.545. The van der Waals surface area contributed by atoms with Gasteiger partial charge >= 0.3 is 0 Å². The van der Waals surface area contributed by atoms with Gasteiger partial charge in [0.1, 0.15) is 0 Å². The van der Waals surface area contributed by atoms with Crippen LogP contribution < -0.4 is 4.90 Å². The van der Waals surface area contributed by atoms with Crippen molar-refractivity contribution >= 4 is 18.2 Å². The minimum atomic E-state index is 0.445. The molecule has 0 bridgehead atoms. The number of anilines is 1. The average molecular weight is 254 g/mol. The summed E-state index contributed by atoms with van der Waals surface area (Å²) in [5.74, 6) is 1.64. The number of aromatic nitrogens is 3. The number of rotatable bonds is 5. The van der Waals surface area contributed by atoms with E-state index in [0.29, 0.717) is 18.0 Å². The van der Waals surface area contributed by atoms with Crippen LogP contribution in [0.3, 0.4) is 0 Å². The molecule has 4 nitrogen and oxygen atoms in total. The van der Waals surface area contributed by atoms with Crippen LogP contribution in [0.5, 0.6) is 0 Å². The summed E-state index contributed by atoms with van der Waals surface area (Å²) in [5.41, 5.74) is 0. The number of H-pyrrole nitrogens is 1. The highest BCUT2D eigenvalue weighted by Crippen LogP contribution is 2.38. The van der Waals surface area contributed by atoms with Gasteiger partial charge in [-0.15, -0.1) is 5.10 Å². The fourth-order valence-electron chi connectivity index (χ4n) is 2.08. The summed E-state index contributed by atoms with van der Waals surface area (Å²) in [7, 11) is 0. The van der Waals surface area contributed by atoms with E-state index in [9.17, 15) is 0 Å². The van der Waals surface area contributed by atoms with Crippen LogP contribution in [0.4, 0.5) is 5.95 Å². The molecular formula is C12H22N4S. The fraction of sp³-hybridized carbons (Fsp3) is 0.833. The lowest BCUT2D eigenvalue weighted by Crippen LogP contribution is -2.36. The van der Waals surface area contributed by atoms with Crippen LogP contribution in [-0.2, 0) is 0 Å². The lowest BCUT2D eigenvalue weighted by atomic mass is 10.2. The van der Waals surface area contributed by atoms with Crippen molar-refractivity contribution in [2.24, 2.45) is 5.92 Å². The number of hydrogen-bond donors (Lipinski definition) is 1. The van der Waals surface area contributed by atoms with Crippen molar-refractivity contribution in [1.29, 1.82) is 0 Å². The van der Waals surface area contributed by atoms with E-state index in [0.717, 1.165) is 17.3 Å². The lowest BCUT2D eigenvalue weighted by Gasteiger charge is -2.29. The normalized spacial score (nSPS) is 15.9. The van der Waals surface area contributed by atoms with Gasteiger partial charge in [-0.1, -0.05) is 13.8 Å². The Morgan fingerprint density at radius 2 is 2.06 bits per heavy atom. The van der Waals surface area contributed by atoms with Gasteiger partial charge < -0.3 is 4.90 Å². The second-order valence-electron chi connectivity index (χ2n) is 5.57. The molecular weight excluding hydrogens is 232 g/mol. The molecule has 0 spiro atoms. The molecule has 1 aliphatic rings. The van der Waals surface area contributed by atoms with E-state index in [1.54, 1.807) is 0 Å². The van der Waals surface area contributed by atoms with Crippen LogP contribution in [0, 0.1) is 10.7 Å². The van der Waals surface area contributed by atoms with Crippen LogP contribution in [0.1, 0.15) is 46.6 Å². The summed E-state index contributed by atoms with van der Waals surface area (Å²) < 4.78 is 2.95. The Morgan fingerprint density at radius 1 is 1.41 bits per heavy atom. The van der Waals surface area contributed by atoms with Gasteiger partial charge in [-0.3, -0.25) is 4.57 Å². The molecule has 17 heavy (non-hydrogen) atoms. The first kappa shape index (κ1) is 12.6. The Kier molecular flexibility index (Phi) is 3.56. The van der Waals surface area contributed by atoms with Gasteiger partial charge in [0.25, 0.3) is 0 Å². The maximum absolute atomic E-state index is 5.33. The number of hydrogen-bond acceptors (Lipinski definition) is 3. The molecule has 0 saturated heterocycles. The molecule has 0 atom stereocenters. The Balaban J connectivity index is 2.32. The largest absolute Gasteiger partial charge is 0.338 e. The van der Waals surface area contributed by atoms with Crippen molar-refractivity contribution in [3.05, 3.63) is 4.77 Å². The van der Waals surface area contributed by atoms with Crippen molar-refractivity contribution in [3.63, 3.8) is 0 Å². The highest BCUT2D eigenvalue weighted by atomic mass is 32.1. The van der Waals surface area contributed by atoms with Crippen LogP contribution in [0.2, 0.25) is 0 Å². The highest BCUT2D eigenvalue weighted by Gasteiger charge is 2.30. The maximum Gasteiger partial charge on any atom is 0.226 e. The van der Waals surface area contributed by atoms with Crippen LogP contribution in [0.25, 0.3) is 0 Å². The number of aromatic amines is 1. The summed E-state index contributed by atoms with van der Waals surface area (Å²) in [5, 5.41) is 7.36. The van der Waals surface area contributed by atoms with Crippen LogP contribution >= 0.6 is 12.2 Å². The third kappa shape index (κ3) is 2.70. The van der Waals surface area contributed by atoms with Crippen LogP contribution in [-0.4, -0.2) is 27.4 Å². The molecule has 0 unspecified atom stereocenters. The summed E-state index contributed by atoms with van der Waals surface area (Å²) in [6.07, 6.45) is 2.46. The predicted octanol–water partition coefficient (Wildman–Crippen LogP) is 3.15. The van der Waals surface area contributed by atoms with Crippen LogP contribution in [0.15, 0.2) is 0 Å². The average Bonchev–Trinajstić information content (AvgIpc) is 2.99. The Bertz CT molecular complexity index is 428. The van der Waals surface area contributed by atoms with Gasteiger partial charge in [-0.05, 0) is 44.8 Å². The number of nitrogens with zero attached hydrogens (tertiary/aromatic N) is 3. The third-order valence-corrected chi connectivity index (χ3v) is 3.33. The second-order valence-corrected chi connectivity index (χ2v) is 5.96. The summed E-state index contributed by atoms with van der Waals surface area (Å²) in [4.78, 5) is 2.34. The Labute approximate surface area is 108 Å². The van der Waals surface area contributed by atoms with Gasteiger partial charge in [0.05, 0.1) is 0 Å². The summed E-state index contributed by atoms with van der Waals surface area (Å²) in [6.45, 7) is 9.90. The molecule has 1 aromatic heterocycles. The zero-order valence-corrected chi connectivity index (χ0v) is 11.9. The minimum absolute atomic E-state index is 0.445. The standard InChI is InChI=1S/C12H22N4S/c1-8(2)7-15(9(3)4)11-13-14-12(17)16(11)10-5-6-10/h8-10H,5-7H2,1-4H3,(H,14,17). The molecule has 1 aliphatic carbocycles. The molecule has 1 saturated carbocycles. The molecule has 2 rings (SSSR count). The highest BCUT2D eigenvalue weighted by molar-refractivity contribution is 7.71. The first-order valence-electron chi connectivity index (χ1n) is 6.44. The van der Waals surface area contributed by atoms with E-state index in [2.05, 4.69) is 47.4 Å². The van der Waals surface area contributed by atoms with E-state index in [-0.39, 0.29) is 0 Å². The number of nitrogens with one attached hydrogen (secondary N) is 1. The SMILES string of the molecule is CC(C)CN(c1n[nH]c(=S)n1C1CC1)C(C)C. The van der Waals surface area contributed by atoms with E-state index >= 15 is 0 Å². The van der Waals surface area contributed by atoms with Crippen molar-refractivity contribution in [3.8, 4) is 0 Å². The topological polar surface area (TPSA) is 36.9 Å². The molecule has 1 heterocycles. The van der Waals surface area contributed by atoms with Gasteiger partial charge in [0, 0.05) is 18.6 Å². The smallest absolute Gasteiger partial charge is 0.226 e. The molecule has 0 aromatic carbocycles. The van der Waals surface area contributed by atoms with Crippen molar-refractivity contribution in [2.75, 3.05) is 11.4 Å². The monoisotopic (exact) mass is 254 g/mol. The second kappa shape index (κ2) is 4.80. The van der Waals surface area contributed by atoms with Crippen molar-refractivity contribution in [2.45, 2.75) is 52.6 Å². The maximum atomic E-state index is 5.33. The van der Waals surface area contributed by atoms with E-state index in [1.165, 1.54) is 12.8 Å². The zero-order chi connectivity index (χ0) is 12.6. The van der Waals surface area contributed by atoms with E-state index < -0.39 is 0 Å². The molecule has 0 radical (unpaired) electrons. The third-order valence-electron chi connectivity index (χ3n) is 3.04. The molecule has 1 aromatic rings. The molecule has 0 amide bonds. The van der Waals surface area contributed by atoms with Gasteiger partial charge in [-0.25, -0.2) is 5.10 Å². The van der Waals surface area contributed by atoms with Gasteiger partial charge in [-0.2, -0.15) is 0 Å². The summed E-state index contributed by atoms with van der Waals surface area (Å²) in [6, 6.07) is 1.02. The Hall–Kier alpha value is -0.840. The molecule has 1 N–H and O–H groups in total. The summed E-state index contributed by atoms with van der Waals surface area (Å²) >= 11 is 5.33. The van der Waals surface area contributed by atoms with Gasteiger partial charge in [0.15, 0.2) is 4.77 Å². The molecule has 1 fully saturated rings. The first-order valence-corrected chi connectivity index (χ1v) is 6.85. The molecule has 5 heteroatoms. The van der Waals surface area contributed by atoms with Gasteiger partial charge in [0.2, 0.25) is 5.95 Å². The molecule has 0 aliphatic heterocycles. The minimum Gasteiger partial charge on any atom is -0.338 e. The zero-order valence-electron chi connectivity index (χ0n) is 11.1. The molecule has 96 valence electrons. The Morgan fingerprint density at radius 3 is 2.53 bits per heavy atom. The first-order chi connectivity index (χ1) is 8.00. The van der Waals surface area contributed by atoms with Crippen molar-refractivity contribution < 1.29 is 0 Å². The van der Waals surface area contributed by atoms with Crippen molar-refractivity contribution in [1.82, 2.24) is 14.8 Å².